The molecule has 2 rings (SSSR count). The Morgan fingerprint density at radius 2 is 2.25 bits per heavy atom. The number of hydrogen-bond acceptors (Lipinski definition) is 6. The molecule has 0 saturated carbocycles. The van der Waals surface area contributed by atoms with Gasteiger partial charge in [-0.25, -0.2) is 14.6 Å². The number of aryl methyl sites for hydroxylation is 1. The van der Waals surface area contributed by atoms with E-state index in [1.807, 2.05) is 25.9 Å². The minimum absolute atomic E-state index is 0.202. The minimum Gasteiger partial charge on any atom is -0.354 e. The van der Waals surface area contributed by atoms with Gasteiger partial charge in [0.05, 0.1) is 0 Å². The van der Waals surface area contributed by atoms with E-state index in [1.54, 1.807) is 4.68 Å². The third-order valence-electron chi connectivity index (χ3n) is 2.72. The van der Waals surface area contributed by atoms with Gasteiger partial charge in [0.2, 0.25) is 5.65 Å². The summed E-state index contributed by atoms with van der Waals surface area (Å²) in [5.41, 5.74) is 7.07. The smallest absolute Gasteiger partial charge is 0.207 e. The van der Waals surface area contributed by atoms with Gasteiger partial charge in [-0.3, -0.25) is 0 Å². The van der Waals surface area contributed by atoms with Crippen molar-refractivity contribution in [3.05, 3.63) is 6.33 Å². The molecule has 7 nitrogen and oxygen atoms in total. The largest absolute Gasteiger partial charge is 0.354 e. The van der Waals surface area contributed by atoms with Crippen LogP contribution in [0.2, 0.25) is 0 Å². The molecule has 0 aliphatic rings. The van der Waals surface area contributed by atoms with Gasteiger partial charge in [0.25, 0.3) is 0 Å². The fourth-order valence-electron chi connectivity index (χ4n) is 1.50. The predicted molar refractivity (Wildman–Crippen MR) is 61.0 cm³/mol. The zero-order valence-corrected chi connectivity index (χ0v) is 9.62. The third kappa shape index (κ3) is 1.58. The monoisotopic (exact) mass is 221 g/mol. The van der Waals surface area contributed by atoms with E-state index >= 15 is 0 Å². The van der Waals surface area contributed by atoms with Crippen LogP contribution >= 0.6 is 0 Å². The molecule has 2 aromatic heterocycles. The van der Waals surface area contributed by atoms with E-state index in [1.165, 1.54) is 6.33 Å². The first kappa shape index (κ1) is 10.7. The van der Waals surface area contributed by atoms with Crippen LogP contribution in [0.5, 0.6) is 0 Å². The van der Waals surface area contributed by atoms with E-state index in [-0.39, 0.29) is 6.04 Å². The lowest BCUT2D eigenvalue weighted by Gasteiger charge is -2.24. The molecule has 2 N–H and O–H groups in total. The summed E-state index contributed by atoms with van der Waals surface area (Å²) >= 11 is 0. The van der Waals surface area contributed by atoms with Gasteiger partial charge >= 0.3 is 0 Å². The van der Waals surface area contributed by atoms with Crippen LogP contribution in [0.4, 0.5) is 5.82 Å². The summed E-state index contributed by atoms with van der Waals surface area (Å²) in [6.07, 6.45) is 1.49. The van der Waals surface area contributed by atoms with E-state index in [4.69, 9.17) is 5.73 Å². The van der Waals surface area contributed by atoms with E-state index in [9.17, 15) is 0 Å². The standard InChI is InChI=1S/C9H15N7/c1-6(4-10)15(2)9-7-8(11-5-12-9)13-14-16(7)3/h5-6H,4,10H2,1-3H3. The third-order valence-corrected chi connectivity index (χ3v) is 2.72. The second kappa shape index (κ2) is 4.01. The summed E-state index contributed by atoms with van der Waals surface area (Å²) in [7, 11) is 3.77. The maximum atomic E-state index is 5.64. The van der Waals surface area contributed by atoms with Gasteiger partial charge in [-0.1, -0.05) is 5.21 Å². The maximum Gasteiger partial charge on any atom is 0.207 e. The highest BCUT2D eigenvalue weighted by Crippen LogP contribution is 2.20. The predicted octanol–water partition coefficient (Wildman–Crippen LogP) is -0.458. The SMILES string of the molecule is CC(CN)N(C)c1ncnc2nnn(C)c12. The molecule has 1 atom stereocenters. The Morgan fingerprint density at radius 1 is 1.50 bits per heavy atom. The second-order valence-electron chi connectivity index (χ2n) is 3.78. The van der Waals surface area contributed by atoms with Gasteiger partial charge in [-0.05, 0) is 6.92 Å². The van der Waals surface area contributed by atoms with E-state index in [2.05, 4.69) is 20.3 Å². The van der Waals surface area contributed by atoms with Gasteiger partial charge in [-0.15, -0.1) is 5.10 Å². The topological polar surface area (TPSA) is 85.8 Å². The second-order valence-corrected chi connectivity index (χ2v) is 3.78. The minimum atomic E-state index is 0.202. The number of nitrogens with two attached hydrogens (primary N) is 1. The molecule has 86 valence electrons. The highest BCUT2D eigenvalue weighted by molar-refractivity contribution is 5.82. The van der Waals surface area contributed by atoms with Crippen molar-refractivity contribution in [1.29, 1.82) is 0 Å². The molecule has 7 heteroatoms. The van der Waals surface area contributed by atoms with Crippen LogP contribution in [-0.2, 0) is 7.05 Å². The fourth-order valence-corrected chi connectivity index (χ4v) is 1.50. The van der Waals surface area contributed by atoms with Crippen molar-refractivity contribution in [1.82, 2.24) is 25.0 Å². The zero-order valence-electron chi connectivity index (χ0n) is 9.62. The van der Waals surface area contributed by atoms with E-state index < -0.39 is 0 Å². The fraction of sp³-hybridized carbons (Fsp3) is 0.556. The first-order chi connectivity index (χ1) is 7.65. The molecule has 16 heavy (non-hydrogen) atoms. The van der Waals surface area contributed by atoms with Crippen molar-refractivity contribution >= 4 is 17.0 Å². The van der Waals surface area contributed by atoms with Gasteiger partial charge in [-0.2, -0.15) is 0 Å². The Morgan fingerprint density at radius 3 is 2.94 bits per heavy atom. The van der Waals surface area contributed by atoms with Gasteiger partial charge in [0.15, 0.2) is 5.82 Å². The first-order valence-corrected chi connectivity index (χ1v) is 5.08. The molecule has 2 heterocycles. The Bertz CT molecular complexity index is 492. The molecule has 0 radical (unpaired) electrons. The number of fused-ring (bicyclic) bond motifs is 1. The average Bonchev–Trinajstić information content (AvgIpc) is 2.69. The normalized spacial score (nSPS) is 13.0. The van der Waals surface area contributed by atoms with Crippen molar-refractivity contribution in [2.75, 3.05) is 18.5 Å². The number of aromatic nitrogens is 5. The molecule has 2 aromatic rings. The summed E-state index contributed by atoms with van der Waals surface area (Å²) in [4.78, 5) is 10.3. The van der Waals surface area contributed by atoms with Gasteiger partial charge < -0.3 is 10.6 Å². The summed E-state index contributed by atoms with van der Waals surface area (Å²) in [5, 5.41) is 7.88. The van der Waals surface area contributed by atoms with Crippen molar-refractivity contribution in [2.24, 2.45) is 12.8 Å². The summed E-state index contributed by atoms with van der Waals surface area (Å²) < 4.78 is 1.67. The molecule has 0 aliphatic carbocycles. The number of hydrogen-bond donors (Lipinski definition) is 1. The molecule has 0 amide bonds. The number of rotatable bonds is 3. The van der Waals surface area contributed by atoms with Crippen LogP contribution in [-0.4, -0.2) is 44.6 Å². The van der Waals surface area contributed by atoms with Crippen LogP contribution in [0.25, 0.3) is 11.2 Å². The number of anilines is 1. The van der Waals surface area contributed by atoms with Gasteiger partial charge in [0.1, 0.15) is 11.8 Å². The maximum absolute atomic E-state index is 5.64. The first-order valence-electron chi connectivity index (χ1n) is 5.08. The van der Waals surface area contributed by atoms with Crippen molar-refractivity contribution in [3.63, 3.8) is 0 Å². The van der Waals surface area contributed by atoms with Crippen LogP contribution in [0.1, 0.15) is 6.92 Å². The van der Waals surface area contributed by atoms with Crippen LogP contribution < -0.4 is 10.6 Å². The zero-order chi connectivity index (χ0) is 11.7. The Labute approximate surface area is 93.3 Å². The van der Waals surface area contributed by atoms with Crippen LogP contribution in [0.15, 0.2) is 6.33 Å². The highest BCUT2D eigenvalue weighted by atomic mass is 15.4. The Kier molecular flexibility index (Phi) is 2.69. The number of likely N-dealkylation sites (N-methyl/N-ethyl adjacent to an activating group) is 1. The molecule has 0 aromatic carbocycles. The molecule has 0 bridgehead atoms. The summed E-state index contributed by atoms with van der Waals surface area (Å²) in [6.45, 7) is 2.60. The molecular weight excluding hydrogens is 206 g/mol. The summed E-state index contributed by atoms with van der Waals surface area (Å²) in [5.74, 6) is 0.801. The summed E-state index contributed by atoms with van der Waals surface area (Å²) in [6, 6.07) is 0.202. The average molecular weight is 221 g/mol. The lowest BCUT2D eigenvalue weighted by Crippen LogP contribution is -2.36. The molecule has 0 aliphatic heterocycles. The van der Waals surface area contributed by atoms with E-state index in [0.717, 1.165) is 11.3 Å². The highest BCUT2D eigenvalue weighted by Gasteiger charge is 2.16. The lowest BCUT2D eigenvalue weighted by molar-refractivity contribution is 0.683. The van der Waals surface area contributed by atoms with Crippen LogP contribution in [0, 0.1) is 0 Å². The lowest BCUT2D eigenvalue weighted by atomic mass is 10.3. The molecule has 0 spiro atoms. The molecule has 0 fully saturated rings. The number of nitrogens with zero attached hydrogens (tertiary/aromatic N) is 6. The van der Waals surface area contributed by atoms with E-state index in [0.29, 0.717) is 12.2 Å². The van der Waals surface area contributed by atoms with Crippen LogP contribution in [0.3, 0.4) is 0 Å². The quantitative estimate of drug-likeness (QED) is 0.755. The van der Waals surface area contributed by atoms with Crippen molar-refractivity contribution in [3.8, 4) is 0 Å². The molecule has 0 saturated heterocycles. The Hall–Kier alpha value is -1.76. The van der Waals surface area contributed by atoms with Crippen molar-refractivity contribution < 1.29 is 0 Å². The van der Waals surface area contributed by atoms with Crippen molar-refractivity contribution in [2.45, 2.75) is 13.0 Å². The van der Waals surface area contributed by atoms with Gasteiger partial charge in [0, 0.05) is 26.7 Å². The molecule has 1 unspecified atom stereocenters. The molecular formula is C9H15N7. The Balaban J connectivity index is 2.55.